The van der Waals surface area contributed by atoms with E-state index < -0.39 is 12.2 Å². The highest BCUT2D eigenvalue weighted by atomic mass is 79.9. The zero-order chi connectivity index (χ0) is 12.1. The molecule has 0 aliphatic rings. The number of carbonyl (C=O) groups excluding carboxylic acids is 1. The van der Waals surface area contributed by atoms with E-state index in [0.717, 1.165) is 0 Å². The predicted octanol–water partition coefficient (Wildman–Crippen LogP) is 0.875. The minimum absolute atomic E-state index is 0.282. The van der Waals surface area contributed by atoms with E-state index in [2.05, 4.69) is 21.2 Å². The lowest BCUT2D eigenvalue weighted by Crippen LogP contribution is -2.29. The van der Waals surface area contributed by atoms with E-state index in [1.165, 1.54) is 0 Å². The number of hydrogen-bond donors (Lipinski definition) is 3. The third kappa shape index (κ3) is 3.38. The Morgan fingerprint density at radius 2 is 2.12 bits per heavy atom. The number of aliphatic hydroxyl groups excluding tert-OH is 2. The summed E-state index contributed by atoms with van der Waals surface area (Å²) in [5, 5.41) is 22.2. The highest BCUT2D eigenvalue weighted by Crippen LogP contribution is 2.22. The SMILES string of the molecule is CNCC(O)C(O)c1cc(Br)cc(C=O)c1. The van der Waals surface area contributed by atoms with Crippen LogP contribution in [0.4, 0.5) is 0 Å². The highest BCUT2D eigenvalue weighted by Gasteiger charge is 2.18. The van der Waals surface area contributed by atoms with Crippen molar-refractivity contribution in [2.45, 2.75) is 12.2 Å². The van der Waals surface area contributed by atoms with Crippen molar-refractivity contribution >= 4 is 22.2 Å². The first kappa shape index (κ1) is 13.3. The number of halogens is 1. The lowest BCUT2D eigenvalue weighted by atomic mass is 10.0. The van der Waals surface area contributed by atoms with Gasteiger partial charge in [-0.05, 0) is 30.8 Å². The number of carbonyl (C=O) groups is 1. The average Bonchev–Trinajstić information content (AvgIpc) is 2.27. The molecule has 0 aromatic heterocycles. The van der Waals surface area contributed by atoms with Crippen LogP contribution in [-0.4, -0.2) is 36.2 Å². The molecule has 5 heteroatoms. The Bertz CT molecular complexity index is 370. The molecule has 4 nitrogen and oxygen atoms in total. The molecule has 1 rings (SSSR count). The van der Waals surface area contributed by atoms with Crippen LogP contribution in [-0.2, 0) is 0 Å². The molecule has 1 aromatic rings. The molecule has 0 radical (unpaired) electrons. The van der Waals surface area contributed by atoms with Crippen molar-refractivity contribution in [2.24, 2.45) is 0 Å². The fourth-order valence-corrected chi connectivity index (χ4v) is 1.95. The quantitative estimate of drug-likeness (QED) is 0.703. The van der Waals surface area contributed by atoms with Gasteiger partial charge < -0.3 is 15.5 Å². The first-order valence-corrected chi connectivity index (χ1v) is 5.64. The van der Waals surface area contributed by atoms with E-state index in [1.54, 1.807) is 25.2 Å². The van der Waals surface area contributed by atoms with Gasteiger partial charge in [0.1, 0.15) is 12.4 Å². The van der Waals surface area contributed by atoms with E-state index in [4.69, 9.17) is 0 Å². The second-order valence-electron chi connectivity index (χ2n) is 3.51. The molecule has 0 saturated heterocycles. The molecule has 0 fully saturated rings. The van der Waals surface area contributed by atoms with Crippen LogP contribution in [0, 0.1) is 0 Å². The van der Waals surface area contributed by atoms with Crippen molar-refractivity contribution in [3.63, 3.8) is 0 Å². The van der Waals surface area contributed by atoms with Crippen LogP contribution in [0.15, 0.2) is 22.7 Å². The number of hydrogen-bond acceptors (Lipinski definition) is 4. The fraction of sp³-hybridized carbons (Fsp3) is 0.364. The summed E-state index contributed by atoms with van der Waals surface area (Å²) in [6.07, 6.45) is -1.21. The van der Waals surface area contributed by atoms with Crippen LogP contribution in [0.2, 0.25) is 0 Å². The second kappa shape index (κ2) is 6.10. The van der Waals surface area contributed by atoms with E-state index >= 15 is 0 Å². The predicted molar refractivity (Wildman–Crippen MR) is 64.4 cm³/mol. The Hall–Kier alpha value is -0.750. The topological polar surface area (TPSA) is 69.6 Å². The molecule has 0 saturated carbocycles. The number of nitrogens with one attached hydrogen (secondary N) is 1. The molecule has 0 aliphatic heterocycles. The highest BCUT2D eigenvalue weighted by molar-refractivity contribution is 9.10. The molecule has 0 spiro atoms. The minimum Gasteiger partial charge on any atom is -0.389 e. The third-order valence-electron chi connectivity index (χ3n) is 2.20. The van der Waals surface area contributed by atoms with E-state index in [0.29, 0.717) is 21.9 Å². The maximum absolute atomic E-state index is 10.7. The van der Waals surface area contributed by atoms with Gasteiger partial charge >= 0.3 is 0 Å². The summed E-state index contributed by atoms with van der Waals surface area (Å²) in [5.74, 6) is 0. The van der Waals surface area contributed by atoms with Crippen LogP contribution in [0.3, 0.4) is 0 Å². The summed E-state index contributed by atoms with van der Waals surface area (Å²) in [5.41, 5.74) is 0.972. The van der Waals surface area contributed by atoms with E-state index in [1.807, 2.05) is 0 Å². The van der Waals surface area contributed by atoms with Gasteiger partial charge in [0.25, 0.3) is 0 Å². The molecule has 88 valence electrons. The monoisotopic (exact) mass is 287 g/mol. The number of likely N-dealkylation sites (N-methyl/N-ethyl adjacent to an activating group) is 1. The second-order valence-corrected chi connectivity index (χ2v) is 4.42. The lowest BCUT2D eigenvalue weighted by Gasteiger charge is -2.18. The van der Waals surface area contributed by atoms with Gasteiger partial charge in [-0.3, -0.25) is 4.79 Å². The molecule has 0 amide bonds. The normalized spacial score (nSPS) is 14.5. The van der Waals surface area contributed by atoms with Gasteiger partial charge in [-0.25, -0.2) is 0 Å². The molecule has 3 N–H and O–H groups in total. The number of benzene rings is 1. The molecule has 16 heavy (non-hydrogen) atoms. The molecule has 0 bridgehead atoms. The molecule has 0 heterocycles. The summed E-state index contributed by atoms with van der Waals surface area (Å²) >= 11 is 3.24. The van der Waals surface area contributed by atoms with Crippen molar-refractivity contribution < 1.29 is 15.0 Å². The summed E-state index contributed by atoms with van der Waals surface area (Å²) in [4.78, 5) is 10.7. The molecule has 2 atom stereocenters. The number of aliphatic hydroxyl groups is 2. The van der Waals surface area contributed by atoms with Gasteiger partial charge in [-0.2, -0.15) is 0 Å². The van der Waals surface area contributed by atoms with Crippen LogP contribution >= 0.6 is 15.9 Å². The maximum atomic E-state index is 10.7. The maximum Gasteiger partial charge on any atom is 0.150 e. The Balaban J connectivity index is 2.93. The summed E-state index contributed by atoms with van der Waals surface area (Å²) in [7, 11) is 1.69. The van der Waals surface area contributed by atoms with Crippen LogP contribution in [0.25, 0.3) is 0 Å². The van der Waals surface area contributed by atoms with E-state index in [9.17, 15) is 15.0 Å². The van der Waals surface area contributed by atoms with Gasteiger partial charge in [0.2, 0.25) is 0 Å². The number of rotatable bonds is 5. The van der Waals surface area contributed by atoms with Gasteiger partial charge in [-0.1, -0.05) is 15.9 Å². The van der Waals surface area contributed by atoms with Crippen molar-refractivity contribution in [3.8, 4) is 0 Å². The standard InChI is InChI=1S/C11H14BrNO3/c1-13-5-10(15)11(16)8-2-7(6-14)3-9(12)4-8/h2-4,6,10-11,13,15-16H,5H2,1H3. The van der Waals surface area contributed by atoms with Crippen LogP contribution in [0.5, 0.6) is 0 Å². The molecule has 2 unspecified atom stereocenters. The average molecular weight is 288 g/mol. The van der Waals surface area contributed by atoms with Gasteiger partial charge in [0.05, 0.1) is 6.10 Å². The van der Waals surface area contributed by atoms with Gasteiger partial charge in [-0.15, -0.1) is 0 Å². The van der Waals surface area contributed by atoms with Gasteiger partial charge in [0.15, 0.2) is 0 Å². The molecular weight excluding hydrogens is 274 g/mol. The zero-order valence-electron chi connectivity index (χ0n) is 8.85. The van der Waals surface area contributed by atoms with Crippen LogP contribution < -0.4 is 5.32 Å². The van der Waals surface area contributed by atoms with Crippen molar-refractivity contribution in [2.75, 3.05) is 13.6 Å². The fourth-order valence-electron chi connectivity index (χ4n) is 1.42. The zero-order valence-corrected chi connectivity index (χ0v) is 10.4. The Morgan fingerprint density at radius 3 is 2.69 bits per heavy atom. The largest absolute Gasteiger partial charge is 0.389 e. The van der Waals surface area contributed by atoms with Gasteiger partial charge in [0, 0.05) is 16.6 Å². The van der Waals surface area contributed by atoms with Crippen molar-refractivity contribution in [1.29, 1.82) is 0 Å². The Labute approximate surface area is 102 Å². The van der Waals surface area contributed by atoms with Crippen molar-refractivity contribution in [3.05, 3.63) is 33.8 Å². The van der Waals surface area contributed by atoms with Crippen molar-refractivity contribution in [1.82, 2.24) is 5.32 Å². The smallest absolute Gasteiger partial charge is 0.150 e. The summed E-state index contributed by atoms with van der Waals surface area (Å²) < 4.78 is 0.697. The molecular formula is C11H14BrNO3. The lowest BCUT2D eigenvalue weighted by molar-refractivity contribution is 0.0202. The first-order chi connectivity index (χ1) is 7.58. The molecule has 1 aromatic carbocycles. The molecule has 0 aliphatic carbocycles. The van der Waals surface area contributed by atoms with E-state index in [-0.39, 0.29) is 6.54 Å². The third-order valence-corrected chi connectivity index (χ3v) is 2.66. The van der Waals surface area contributed by atoms with Crippen LogP contribution in [0.1, 0.15) is 22.0 Å². The summed E-state index contributed by atoms with van der Waals surface area (Å²) in [6, 6.07) is 4.88. The Kier molecular flexibility index (Phi) is 5.08. The number of aldehydes is 1. The minimum atomic E-state index is -1.01. The Morgan fingerprint density at radius 1 is 1.44 bits per heavy atom. The first-order valence-electron chi connectivity index (χ1n) is 4.85. The summed E-state index contributed by atoms with van der Waals surface area (Å²) in [6.45, 7) is 0.282.